The fourth-order valence-electron chi connectivity index (χ4n) is 5.16. The van der Waals surface area contributed by atoms with Gasteiger partial charge in [0.05, 0.1) is 12.1 Å². The highest BCUT2D eigenvalue weighted by Gasteiger charge is 2.51. The molecule has 0 bridgehead atoms. The zero-order valence-electron chi connectivity index (χ0n) is 17.4. The molecule has 0 saturated carbocycles. The molecule has 2 amide bonds. The van der Waals surface area contributed by atoms with E-state index in [2.05, 4.69) is 11.4 Å². The van der Waals surface area contributed by atoms with Gasteiger partial charge in [-0.3, -0.25) is 9.59 Å². The Balaban J connectivity index is 1.52. The molecule has 4 aliphatic heterocycles. The monoisotopic (exact) mass is 417 g/mol. The summed E-state index contributed by atoms with van der Waals surface area (Å²) in [6.45, 7) is 4.18. The van der Waals surface area contributed by atoms with Gasteiger partial charge in [-0.25, -0.2) is 0 Å². The van der Waals surface area contributed by atoms with E-state index in [0.717, 1.165) is 22.4 Å². The van der Waals surface area contributed by atoms with Crippen LogP contribution in [0.15, 0.2) is 48.5 Å². The third-order valence-corrected chi connectivity index (χ3v) is 6.63. The highest BCUT2D eigenvalue weighted by atomic mass is 16.7. The number of ether oxygens (including phenoxy) is 2. The van der Waals surface area contributed by atoms with E-state index in [0.29, 0.717) is 11.5 Å². The smallest absolute Gasteiger partial charge is 0.250 e. The van der Waals surface area contributed by atoms with Crippen LogP contribution in [0.1, 0.15) is 31.0 Å². The maximum Gasteiger partial charge on any atom is 0.250 e. The lowest BCUT2D eigenvalue weighted by atomic mass is 9.83. The average Bonchev–Trinajstić information content (AvgIpc) is 3.38. The van der Waals surface area contributed by atoms with Crippen LogP contribution in [-0.4, -0.2) is 53.1 Å². The van der Waals surface area contributed by atoms with Crippen molar-refractivity contribution < 1.29 is 19.1 Å². The van der Waals surface area contributed by atoms with Gasteiger partial charge in [0.2, 0.25) is 18.6 Å². The second-order valence-electron chi connectivity index (χ2n) is 8.65. The van der Waals surface area contributed by atoms with Gasteiger partial charge in [-0.2, -0.15) is 0 Å². The number of carbonyl (C=O) groups excluding carboxylic acids is 2. The molecule has 2 aromatic rings. The van der Waals surface area contributed by atoms with Crippen molar-refractivity contribution >= 4 is 23.1 Å². The van der Waals surface area contributed by atoms with Gasteiger partial charge in [0, 0.05) is 17.3 Å². The minimum absolute atomic E-state index is 0.0318. The van der Waals surface area contributed by atoms with Gasteiger partial charge in [0.15, 0.2) is 11.5 Å². The summed E-state index contributed by atoms with van der Waals surface area (Å²) in [5.41, 5.74) is 4.08. The van der Waals surface area contributed by atoms with E-state index in [-0.39, 0.29) is 43.3 Å². The molecule has 1 fully saturated rings. The molecule has 0 aromatic heterocycles. The van der Waals surface area contributed by atoms with E-state index in [1.165, 1.54) is 0 Å². The molecule has 3 atom stereocenters. The molecule has 2 aromatic carbocycles. The number of hydrogen-bond acceptors (Lipinski definition) is 5. The number of anilines is 1. The van der Waals surface area contributed by atoms with Gasteiger partial charge in [0.1, 0.15) is 12.6 Å². The molecule has 0 aliphatic carbocycles. The summed E-state index contributed by atoms with van der Waals surface area (Å²) in [7, 11) is 0. The minimum atomic E-state index is -0.627. The molecule has 0 spiro atoms. The number of amides is 2. The summed E-state index contributed by atoms with van der Waals surface area (Å²) < 4.78 is 11.1. The Morgan fingerprint density at radius 3 is 2.71 bits per heavy atom. The molecule has 0 radical (unpaired) electrons. The van der Waals surface area contributed by atoms with Gasteiger partial charge >= 0.3 is 0 Å². The van der Waals surface area contributed by atoms with Crippen LogP contribution in [0.5, 0.6) is 11.5 Å². The number of piperazine rings is 1. The first-order valence-electron chi connectivity index (χ1n) is 10.6. The molecule has 7 heteroatoms. The van der Waals surface area contributed by atoms with E-state index >= 15 is 0 Å². The van der Waals surface area contributed by atoms with Crippen molar-refractivity contribution in [3.8, 4) is 11.5 Å². The number of carbonyl (C=O) groups is 2. The van der Waals surface area contributed by atoms with Gasteiger partial charge in [0.25, 0.3) is 0 Å². The fourth-order valence-corrected chi connectivity index (χ4v) is 5.16. The normalized spacial score (nSPS) is 25.8. The van der Waals surface area contributed by atoms with E-state index in [1.807, 2.05) is 56.3 Å². The summed E-state index contributed by atoms with van der Waals surface area (Å²) in [6, 6.07) is 12.7. The van der Waals surface area contributed by atoms with Crippen LogP contribution < -0.4 is 14.8 Å². The van der Waals surface area contributed by atoms with E-state index < -0.39 is 6.04 Å². The Bertz CT molecular complexity index is 1140. The van der Waals surface area contributed by atoms with Crippen LogP contribution in [-0.2, 0) is 9.59 Å². The Labute approximate surface area is 180 Å². The van der Waals surface area contributed by atoms with Crippen LogP contribution in [0.3, 0.4) is 0 Å². The van der Waals surface area contributed by atoms with E-state index in [9.17, 15) is 9.59 Å². The van der Waals surface area contributed by atoms with Gasteiger partial charge in [-0.1, -0.05) is 24.3 Å². The van der Waals surface area contributed by atoms with Crippen molar-refractivity contribution in [1.29, 1.82) is 0 Å². The second-order valence-corrected chi connectivity index (χ2v) is 8.65. The summed E-state index contributed by atoms with van der Waals surface area (Å²) in [5.74, 6) is 1.28. The van der Waals surface area contributed by atoms with Crippen molar-refractivity contribution in [1.82, 2.24) is 9.80 Å². The molecule has 158 valence electrons. The zero-order valence-corrected chi connectivity index (χ0v) is 17.4. The Morgan fingerprint density at radius 1 is 1.06 bits per heavy atom. The summed E-state index contributed by atoms with van der Waals surface area (Å²) in [5, 5.41) is 3.60. The van der Waals surface area contributed by atoms with Crippen LogP contribution in [0, 0.1) is 0 Å². The third-order valence-electron chi connectivity index (χ3n) is 6.63. The standard InChI is InChI=1S/C24H23N3O4/c1-13(2)26-11-21(28)27-18(24(26)29)10-16-15-5-3-4-6-17(15)25-22(16)23(27)14-7-8-19-20(9-14)31-12-30-19/h3-10,13,18,22-23,25H,11-12H2,1-2H3/t18-,22?,23-/m1/s1. The van der Waals surface area contributed by atoms with Crippen molar-refractivity contribution in [2.24, 2.45) is 0 Å². The topological polar surface area (TPSA) is 71.1 Å². The highest BCUT2D eigenvalue weighted by Crippen LogP contribution is 2.48. The average molecular weight is 417 g/mol. The first-order chi connectivity index (χ1) is 15.0. The quantitative estimate of drug-likeness (QED) is 0.814. The lowest BCUT2D eigenvalue weighted by Crippen LogP contribution is -2.64. The SMILES string of the molecule is CC(C)N1CC(=O)N2[C@H](C=C3c4ccccc4NC3[C@H]2c2ccc3c(c2)OCO3)C1=O. The van der Waals surface area contributed by atoms with E-state index in [4.69, 9.17) is 9.47 Å². The molecule has 1 unspecified atom stereocenters. The van der Waals surface area contributed by atoms with Gasteiger partial charge in [-0.05, 0) is 49.3 Å². The number of benzene rings is 2. The fraction of sp³-hybridized carbons (Fsp3) is 0.333. The zero-order chi connectivity index (χ0) is 21.3. The number of fused-ring (bicyclic) bond motifs is 5. The predicted octanol–water partition coefficient (Wildman–Crippen LogP) is 2.80. The molecular weight excluding hydrogens is 394 g/mol. The molecule has 6 rings (SSSR count). The summed E-state index contributed by atoms with van der Waals surface area (Å²) in [4.78, 5) is 30.2. The van der Waals surface area contributed by atoms with Crippen LogP contribution >= 0.6 is 0 Å². The van der Waals surface area contributed by atoms with Crippen LogP contribution in [0.2, 0.25) is 0 Å². The summed E-state index contributed by atoms with van der Waals surface area (Å²) in [6.07, 6.45) is 1.97. The molecule has 1 saturated heterocycles. The number of nitrogens with zero attached hydrogens (tertiary/aromatic N) is 2. The highest BCUT2D eigenvalue weighted by molar-refractivity contribution is 6.01. The van der Waals surface area contributed by atoms with Gasteiger partial charge in [-0.15, -0.1) is 0 Å². The number of para-hydroxylation sites is 1. The second kappa shape index (κ2) is 6.51. The maximum atomic E-state index is 13.4. The lowest BCUT2D eigenvalue weighted by molar-refractivity contribution is -0.158. The molecule has 7 nitrogen and oxygen atoms in total. The summed E-state index contributed by atoms with van der Waals surface area (Å²) >= 11 is 0. The Hall–Kier alpha value is -3.48. The minimum Gasteiger partial charge on any atom is -0.454 e. The van der Waals surface area contributed by atoms with Crippen LogP contribution in [0.25, 0.3) is 5.57 Å². The molecular formula is C24H23N3O4. The van der Waals surface area contributed by atoms with E-state index in [1.54, 1.807) is 9.80 Å². The van der Waals surface area contributed by atoms with Crippen LogP contribution in [0.4, 0.5) is 5.69 Å². The molecule has 31 heavy (non-hydrogen) atoms. The van der Waals surface area contributed by atoms with Crippen molar-refractivity contribution in [2.75, 3.05) is 18.7 Å². The number of rotatable bonds is 2. The largest absolute Gasteiger partial charge is 0.454 e. The molecule has 1 N–H and O–H groups in total. The number of nitrogens with one attached hydrogen (secondary N) is 1. The lowest BCUT2D eigenvalue weighted by Gasteiger charge is -2.49. The van der Waals surface area contributed by atoms with Crippen molar-refractivity contribution in [3.05, 3.63) is 59.7 Å². The molecule has 4 heterocycles. The maximum absolute atomic E-state index is 13.4. The number of hydrogen-bond donors (Lipinski definition) is 1. The predicted molar refractivity (Wildman–Crippen MR) is 115 cm³/mol. The van der Waals surface area contributed by atoms with Gasteiger partial charge < -0.3 is 24.6 Å². The first-order valence-corrected chi connectivity index (χ1v) is 10.6. The van der Waals surface area contributed by atoms with Crippen molar-refractivity contribution in [2.45, 2.75) is 38.0 Å². The Morgan fingerprint density at radius 2 is 1.87 bits per heavy atom. The molecule has 4 aliphatic rings. The van der Waals surface area contributed by atoms with Crippen molar-refractivity contribution in [3.63, 3.8) is 0 Å². The Kier molecular flexibility index (Phi) is 3.84. The first kappa shape index (κ1) is 18.3. The third kappa shape index (κ3) is 2.59.